The maximum absolute atomic E-state index is 9.02. The summed E-state index contributed by atoms with van der Waals surface area (Å²) in [7, 11) is 0. The van der Waals surface area contributed by atoms with Gasteiger partial charge >= 0.3 is 0 Å². The Bertz CT molecular complexity index is 338. The largest absolute Gasteiger partial charge is 0.508 e. The summed E-state index contributed by atoms with van der Waals surface area (Å²) in [4.78, 5) is 4.02. The maximum Gasteiger partial charge on any atom is 0.116 e. The molecule has 1 heterocycles. The summed E-state index contributed by atoms with van der Waals surface area (Å²) in [5, 5.41) is 12.9. The molecule has 0 bridgehead atoms. The van der Waals surface area contributed by atoms with Crippen LogP contribution in [0.2, 0.25) is 0 Å². The third-order valence-electron chi connectivity index (χ3n) is 1.62. The van der Waals surface area contributed by atoms with Crippen molar-refractivity contribution in [2.75, 3.05) is 0 Å². The van der Waals surface area contributed by atoms with Gasteiger partial charge < -0.3 is 5.11 Å². The lowest BCUT2D eigenvalue weighted by Gasteiger charge is -1.96. The van der Waals surface area contributed by atoms with Crippen molar-refractivity contribution >= 4 is 12.0 Å². The molecule has 0 amide bonds. The molecule has 0 aromatic heterocycles. The summed E-state index contributed by atoms with van der Waals surface area (Å²) < 4.78 is 0. The van der Waals surface area contributed by atoms with E-state index in [-0.39, 0.29) is 5.75 Å². The van der Waals surface area contributed by atoms with Crippen LogP contribution < -0.4 is 5.32 Å². The average Bonchev–Trinajstić information content (AvgIpc) is 2.58. The highest BCUT2D eigenvalue weighted by atomic mass is 16.3. The molecule has 1 radical (unpaired) electrons. The fourth-order valence-corrected chi connectivity index (χ4v) is 1.01. The Morgan fingerprint density at radius 3 is 2.42 bits per heavy atom. The normalized spacial score (nSPS) is 14.2. The van der Waals surface area contributed by atoms with E-state index >= 15 is 0 Å². The topological polar surface area (TPSA) is 46.7 Å². The monoisotopic (exact) mass is 159 g/mol. The zero-order valence-corrected chi connectivity index (χ0v) is 6.31. The number of nitrogens with zero attached hydrogens (tertiary/aromatic N) is 2. The Balaban J connectivity index is 2.35. The van der Waals surface area contributed by atoms with E-state index in [0.717, 1.165) is 11.3 Å². The van der Waals surface area contributed by atoms with Crippen molar-refractivity contribution in [3.05, 3.63) is 36.0 Å². The minimum atomic E-state index is 0.262. The highest BCUT2D eigenvalue weighted by Crippen LogP contribution is 2.19. The Hall–Kier alpha value is -1.77. The summed E-state index contributed by atoms with van der Waals surface area (Å²) in [5.74, 6) is 0.262. The molecule has 0 spiro atoms. The van der Waals surface area contributed by atoms with Crippen LogP contribution >= 0.6 is 0 Å². The van der Waals surface area contributed by atoms with Crippen LogP contribution in [0.5, 0.6) is 5.75 Å². The lowest BCUT2D eigenvalue weighted by Crippen LogP contribution is -1.81. The van der Waals surface area contributed by atoms with E-state index in [1.807, 2.05) is 0 Å². The molecule has 1 N–H and O–H groups in total. The van der Waals surface area contributed by atoms with Gasteiger partial charge in [-0.15, -0.1) is 0 Å². The smallest absolute Gasteiger partial charge is 0.116 e. The summed E-state index contributed by atoms with van der Waals surface area (Å²) in [6.45, 7) is 0. The Labute approximate surface area is 70.1 Å². The molecular formula is C9H7N2O. The second-order valence-electron chi connectivity index (χ2n) is 2.45. The fraction of sp³-hybridized carbons (Fsp3) is 0. The molecule has 0 unspecified atom stereocenters. The number of rotatable bonds is 1. The molecule has 1 aliphatic rings. The summed E-state index contributed by atoms with van der Waals surface area (Å²) in [6.07, 6.45) is 3.19. The first-order chi connectivity index (χ1) is 5.86. The number of aliphatic imine (C=N–C) groups is 1. The average molecular weight is 159 g/mol. The molecule has 0 saturated carbocycles. The molecule has 3 heteroatoms. The van der Waals surface area contributed by atoms with Crippen molar-refractivity contribution < 1.29 is 5.11 Å². The first kappa shape index (κ1) is 6.91. The van der Waals surface area contributed by atoms with Gasteiger partial charge in [0.05, 0.1) is 11.9 Å². The molecular weight excluding hydrogens is 152 g/mol. The fourth-order valence-electron chi connectivity index (χ4n) is 1.01. The van der Waals surface area contributed by atoms with Gasteiger partial charge in [0, 0.05) is 5.56 Å². The predicted octanol–water partition coefficient (Wildman–Crippen LogP) is 1.34. The van der Waals surface area contributed by atoms with Crippen LogP contribution in [0.4, 0.5) is 0 Å². The SMILES string of the molecule is Oc1ccc(C2=C[N]C=N2)cc1. The van der Waals surface area contributed by atoms with E-state index in [1.54, 1.807) is 30.5 Å². The Morgan fingerprint density at radius 1 is 1.08 bits per heavy atom. The van der Waals surface area contributed by atoms with Crippen molar-refractivity contribution in [3.8, 4) is 5.75 Å². The summed E-state index contributed by atoms with van der Waals surface area (Å²) in [6, 6.07) is 6.87. The number of hydrogen-bond acceptors (Lipinski definition) is 2. The number of phenolic OH excluding ortho intramolecular Hbond substituents is 1. The van der Waals surface area contributed by atoms with Crippen molar-refractivity contribution in [1.29, 1.82) is 0 Å². The second-order valence-corrected chi connectivity index (χ2v) is 2.45. The van der Waals surface area contributed by atoms with Crippen molar-refractivity contribution in [3.63, 3.8) is 0 Å². The zero-order valence-electron chi connectivity index (χ0n) is 6.31. The molecule has 0 atom stereocenters. The van der Waals surface area contributed by atoms with Crippen LogP contribution in [0.15, 0.2) is 35.5 Å². The van der Waals surface area contributed by atoms with Crippen molar-refractivity contribution in [2.45, 2.75) is 0 Å². The first-order valence-electron chi connectivity index (χ1n) is 3.58. The predicted molar refractivity (Wildman–Crippen MR) is 46.7 cm³/mol. The third kappa shape index (κ3) is 1.16. The van der Waals surface area contributed by atoms with Gasteiger partial charge in [0.25, 0.3) is 0 Å². The molecule has 1 aromatic carbocycles. The van der Waals surface area contributed by atoms with E-state index in [4.69, 9.17) is 5.11 Å². The van der Waals surface area contributed by atoms with Gasteiger partial charge in [-0.25, -0.2) is 10.3 Å². The number of hydrogen-bond donors (Lipinski definition) is 1. The Kier molecular flexibility index (Phi) is 1.55. The van der Waals surface area contributed by atoms with E-state index in [1.165, 1.54) is 6.34 Å². The van der Waals surface area contributed by atoms with Crippen LogP contribution in [-0.2, 0) is 0 Å². The van der Waals surface area contributed by atoms with Crippen molar-refractivity contribution in [1.82, 2.24) is 5.32 Å². The van der Waals surface area contributed by atoms with E-state index < -0.39 is 0 Å². The van der Waals surface area contributed by atoms with E-state index in [2.05, 4.69) is 10.3 Å². The third-order valence-corrected chi connectivity index (χ3v) is 1.62. The van der Waals surface area contributed by atoms with Crippen LogP contribution in [-0.4, -0.2) is 11.4 Å². The van der Waals surface area contributed by atoms with Crippen LogP contribution in [0.25, 0.3) is 5.70 Å². The molecule has 59 valence electrons. The first-order valence-corrected chi connectivity index (χ1v) is 3.58. The van der Waals surface area contributed by atoms with Crippen LogP contribution in [0.1, 0.15) is 5.56 Å². The Morgan fingerprint density at radius 2 is 1.83 bits per heavy atom. The zero-order chi connectivity index (χ0) is 8.39. The lowest BCUT2D eigenvalue weighted by molar-refractivity contribution is 0.475. The molecule has 12 heavy (non-hydrogen) atoms. The quantitative estimate of drug-likeness (QED) is 0.660. The van der Waals surface area contributed by atoms with Gasteiger partial charge in [-0.05, 0) is 24.3 Å². The highest BCUT2D eigenvalue weighted by Gasteiger charge is 2.02. The lowest BCUT2D eigenvalue weighted by atomic mass is 10.2. The molecule has 1 aromatic rings. The highest BCUT2D eigenvalue weighted by molar-refractivity contribution is 5.78. The van der Waals surface area contributed by atoms with Crippen molar-refractivity contribution in [2.24, 2.45) is 4.99 Å². The van der Waals surface area contributed by atoms with Crippen LogP contribution in [0, 0.1) is 0 Å². The molecule has 0 saturated heterocycles. The number of aromatic hydroxyl groups is 1. The number of phenols is 1. The number of benzene rings is 1. The molecule has 3 nitrogen and oxygen atoms in total. The van der Waals surface area contributed by atoms with E-state index in [9.17, 15) is 0 Å². The molecule has 0 aliphatic carbocycles. The summed E-state index contributed by atoms with van der Waals surface area (Å²) >= 11 is 0. The maximum atomic E-state index is 9.02. The van der Waals surface area contributed by atoms with Gasteiger partial charge in [-0.1, -0.05) is 0 Å². The van der Waals surface area contributed by atoms with E-state index in [0.29, 0.717) is 0 Å². The second kappa shape index (κ2) is 2.70. The minimum absolute atomic E-state index is 0.262. The standard InChI is InChI=1S/C9H7N2O/c12-8-3-1-7(2-4-8)9-5-10-6-11-9/h1-6,12H. The van der Waals surface area contributed by atoms with Crippen LogP contribution in [0.3, 0.4) is 0 Å². The molecule has 0 fully saturated rings. The van der Waals surface area contributed by atoms with Gasteiger partial charge in [0.15, 0.2) is 0 Å². The van der Waals surface area contributed by atoms with Gasteiger partial charge in [0.1, 0.15) is 12.1 Å². The van der Waals surface area contributed by atoms with Gasteiger partial charge in [-0.2, -0.15) is 0 Å². The minimum Gasteiger partial charge on any atom is -0.508 e. The van der Waals surface area contributed by atoms with Gasteiger partial charge in [0.2, 0.25) is 0 Å². The molecule has 2 rings (SSSR count). The van der Waals surface area contributed by atoms with Gasteiger partial charge in [-0.3, -0.25) is 0 Å². The summed E-state index contributed by atoms with van der Waals surface area (Å²) in [5.41, 5.74) is 1.79. The molecule has 1 aliphatic heterocycles.